The number of benzene rings is 1. The number of nitrogens with one attached hydrogen (secondary N) is 1. The Kier molecular flexibility index (Phi) is 5.90. The predicted octanol–water partition coefficient (Wildman–Crippen LogP) is 6.38. The highest BCUT2D eigenvalue weighted by Crippen LogP contribution is 2.32. The molecule has 0 unspecified atom stereocenters. The number of hydrogen-bond donors (Lipinski definition) is 1. The number of rotatable bonds is 2. The zero-order valence-electron chi connectivity index (χ0n) is 14.6. The Balaban J connectivity index is 0.000000239. The third-order valence-corrected chi connectivity index (χ3v) is 4.37. The summed E-state index contributed by atoms with van der Waals surface area (Å²) >= 11 is 11.1. The van der Waals surface area contributed by atoms with Crippen molar-refractivity contribution in [1.82, 2.24) is 14.6 Å². The fourth-order valence-corrected chi connectivity index (χ4v) is 2.63. The Hall–Kier alpha value is -3.24. The van der Waals surface area contributed by atoms with Crippen LogP contribution in [0.25, 0.3) is 22.8 Å². The van der Waals surface area contributed by atoms with Gasteiger partial charge in [-0.15, -0.1) is 5.69 Å². The van der Waals surface area contributed by atoms with E-state index >= 15 is 0 Å². The lowest BCUT2D eigenvalue weighted by atomic mass is 10.2. The monoisotopic (exact) mass is 457 g/mol. The minimum absolute atomic E-state index is 0.0586. The van der Waals surface area contributed by atoms with E-state index in [9.17, 15) is 18.0 Å². The van der Waals surface area contributed by atoms with Crippen molar-refractivity contribution < 1.29 is 27.5 Å². The maximum absolute atomic E-state index is 13.1. The minimum Gasteiger partial charge on any atom is -0.699 e. The van der Waals surface area contributed by atoms with Gasteiger partial charge in [-0.3, -0.25) is 0 Å². The lowest BCUT2D eigenvalue weighted by Gasteiger charge is -2.09. The van der Waals surface area contributed by atoms with E-state index < -0.39 is 23.5 Å². The van der Waals surface area contributed by atoms with Gasteiger partial charge in [-0.1, -0.05) is 35.3 Å². The summed E-state index contributed by atoms with van der Waals surface area (Å²) in [6.07, 6.45) is -3.42. The first-order valence-corrected chi connectivity index (χ1v) is 8.73. The normalized spacial score (nSPS) is 11.2. The second kappa shape index (κ2) is 8.25. The number of carboxylic acids is 1. The van der Waals surface area contributed by atoms with E-state index in [4.69, 9.17) is 38.5 Å². The zero-order chi connectivity index (χ0) is 22.1. The second-order valence-corrected chi connectivity index (χ2v) is 6.55. The molecule has 1 aromatic carbocycles. The highest BCUT2D eigenvalue weighted by atomic mass is 35.5. The van der Waals surface area contributed by atoms with Crippen molar-refractivity contribution in [3.63, 3.8) is 0 Å². The minimum atomic E-state index is -4.72. The van der Waals surface area contributed by atoms with Crippen LogP contribution in [0.3, 0.4) is 0 Å². The van der Waals surface area contributed by atoms with Gasteiger partial charge < -0.3 is 15.3 Å². The van der Waals surface area contributed by atoms with Gasteiger partial charge in [0.25, 0.3) is 0 Å². The zero-order valence-corrected chi connectivity index (χ0v) is 16.1. The predicted molar refractivity (Wildman–Crippen MR) is 103 cm³/mol. The molecule has 0 saturated carbocycles. The van der Waals surface area contributed by atoms with Crippen molar-refractivity contribution in [2.45, 2.75) is 6.18 Å². The van der Waals surface area contributed by atoms with Gasteiger partial charge in [0.1, 0.15) is 5.69 Å². The van der Waals surface area contributed by atoms with Crippen LogP contribution in [-0.4, -0.2) is 25.7 Å². The number of carboxylic acid groups (broad SMARTS) is 1. The molecule has 0 radical (unpaired) electrons. The van der Waals surface area contributed by atoms with Crippen LogP contribution in [0.1, 0.15) is 16.2 Å². The Morgan fingerprint density at radius 2 is 1.87 bits per heavy atom. The van der Waals surface area contributed by atoms with Gasteiger partial charge in [0.2, 0.25) is 0 Å². The number of fused-ring (bicyclic) bond motifs is 1. The van der Waals surface area contributed by atoms with Crippen molar-refractivity contribution in [1.29, 1.82) is 0 Å². The molecule has 0 spiro atoms. The Labute approximate surface area is 176 Å². The molecule has 0 aliphatic carbocycles. The molecule has 0 aliphatic rings. The molecule has 12 heteroatoms. The molecule has 4 rings (SSSR count). The number of halogens is 5. The molecule has 30 heavy (non-hydrogen) atoms. The Morgan fingerprint density at radius 1 is 1.13 bits per heavy atom. The van der Waals surface area contributed by atoms with Crippen LogP contribution in [0.2, 0.25) is 10.0 Å². The number of nitrogens with zero attached hydrogens (tertiary/aromatic N) is 3. The average molecular weight is 458 g/mol. The molecule has 3 heterocycles. The maximum atomic E-state index is 13.1. The number of aromatic carboxylic acids is 1. The summed E-state index contributed by atoms with van der Waals surface area (Å²) in [6.45, 7) is 0. The fraction of sp³-hybridized carbons (Fsp3) is 0.0556. The molecular weight excluding hydrogens is 448 g/mol. The van der Waals surface area contributed by atoms with Gasteiger partial charge in [0, 0.05) is 6.07 Å². The third-order valence-electron chi connectivity index (χ3n) is 3.63. The van der Waals surface area contributed by atoms with Gasteiger partial charge >= 0.3 is 12.1 Å². The average Bonchev–Trinajstić information content (AvgIpc) is 3.33. The largest absolute Gasteiger partial charge is 0.699 e. The van der Waals surface area contributed by atoms with E-state index in [0.29, 0.717) is 20.2 Å². The van der Waals surface area contributed by atoms with Crippen molar-refractivity contribution in [2.75, 3.05) is 0 Å². The SMILES string of the molecule is O=C(O)c1cc2nc(-c3ccco3)cc(C(F)(F)F)n2n1.[NH-]c1ccc(Cl)c(Cl)c1. The van der Waals surface area contributed by atoms with Gasteiger partial charge in [-0.2, -0.15) is 18.3 Å². The van der Waals surface area contributed by atoms with E-state index in [2.05, 4.69) is 10.1 Å². The molecular formula is C18H10Cl2F3N4O3-. The third kappa shape index (κ3) is 4.66. The van der Waals surface area contributed by atoms with Crippen LogP contribution in [0.4, 0.5) is 18.9 Å². The number of alkyl halides is 3. The van der Waals surface area contributed by atoms with Crippen LogP contribution < -0.4 is 0 Å². The molecule has 0 saturated heterocycles. The Morgan fingerprint density at radius 3 is 2.40 bits per heavy atom. The van der Waals surface area contributed by atoms with Crippen molar-refractivity contribution >= 4 is 40.5 Å². The van der Waals surface area contributed by atoms with E-state index in [1.807, 2.05) is 0 Å². The summed E-state index contributed by atoms with van der Waals surface area (Å²) in [7, 11) is 0. The number of carbonyl (C=O) groups is 1. The van der Waals surface area contributed by atoms with Crippen molar-refractivity contribution in [2.24, 2.45) is 0 Å². The van der Waals surface area contributed by atoms with Crippen LogP contribution in [0.15, 0.2) is 53.1 Å². The fourth-order valence-electron chi connectivity index (χ4n) is 2.33. The topological polar surface area (TPSA) is 104 Å². The lowest BCUT2D eigenvalue weighted by Crippen LogP contribution is -2.14. The number of hydrogen-bond acceptors (Lipinski definition) is 4. The second-order valence-electron chi connectivity index (χ2n) is 5.74. The van der Waals surface area contributed by atoms with E-state index in [-0.39, 0.29) is 17.1 Å². The van der Waals surface area contributed by atoms with Crippen LogP contribution in [-0.2, 0) is 6.18 Å². The van der Waals surface area contributed by atoms with E-state index in [1.165, 1.54) is 24.5 Å². The number of furan rings is 1. The van der Waals surface area contributed by atoms with Gasteiger partial charge in [-0.05, 0) is 24.3 Å². The first kappa shape index (κ1) is 21.5. The van der Waals surface area contributed by atoms with E-state index in [0.717, 1.165) is 12.1 Å². The van der Waals surface area contributed by atoms with E-state index in [1.54, 1.807) is 12.1 Å². The van der Waals surface area contributed by atoms with Crippen LogP contribution in [0, 0.1) is 0 Å². The molecule has 0 fully saturated rings. The first-order valence-electron chi connectivity index (χ1n) is 7.98. The summed E-state index contributed by atoms with van der Waals surface area (Å²) in [4.78, 5) is 14.8. The molecule has 0 atom stereocenters. The Bertz CT molecular complexity index is 1210. The molecule has 0 amide bonds. The van der Waals surface area contributed by atoms with Gasteiger partial charge in [0.15, 0.2) is 22.8 Å². The summed E-state index contributed by atoms with van der Waals surface area (Å²) in [5.41, 5.74) is 5.53. The summed E-state index contributed by atoms with van der Waals surface area (Å²) < 4.78 is 44.7. The smallest absolute Gasteiger partial charge is 0.433 e. The molecule has 7 nitrogen and oxygen atoms in total. The maximum Gasteiger partial charge on any atom is 0.433 e. The summed E-state index contributed by atoms with van der Waals surface area (Å²) in [6, 6.07) is 9.37. The standard InChI is InChI=1S/C12H6F3N3O3.C6H4Cl2N/c13-12(14,15)9-4-6(8-2-1-3-21-8)16-10-5-7(11(19)20)17-18(9)10;7-5-2-1-4(9)3-6(5)8/h1-5H,(H,19,20);1-3,9H/q;-1. The van der Waals surface area contributed by atoms with Crippen LogP contribution >= 0.6 is 23.2 Å². The van der Waals surface area contributed by atoms with Crippen molar-refractivity contribution in [3.8, 4) is 11.5 Å². The molecule has 2 N–H and O–H groups in total. The lowest BCUT2D eigenvalue weighted by molar-refractivity contribution is -0.142. The van der Waals surface area contributed by atoms with Crippen LogP contribution in [0.5, 0.6) is 0 Å². The molecule has 0 aliphatic heterocycles. The quantitative estimate of drug-likeness (QED) is 0.375. The molecule has 156 valence electrons. The van der Waals surface area contributed by atoms with Gasteiger partial charge in [0.05, 0.1) is 16.3 Å². The summed E-state index contributed by atoms with van der Waals surface area (Å²) in [5.74, 6) is -1.30. The summed E-state index contributed by atoms with van der Waals surface area (Å²) in [5, 5.41) is 13.2. The molecule has 3 aromatic heterocycles. The highest BCUT2D eigenvalue weighted by Gasteiger charge is 2.35. The highest BCUT2D eigenvalue weighted by molar-refractivity contribution is 6.42. The first-order chi connectivity index (χ1) is 14.1. The molecule has 4 aromatic rings. The molecule has 0 bridgehead atoms. The van der Waals surface area contributed by atoms with Gasteiger partial charge in [-0.25, -0.2) is 14.3 Å². The number of aromatic nitrogens is 3. The van der Waals surface area contributed by atoms with Crippen molar-refractivity contribution in [3.05, 3.63) is 75.9 Å².